The molecule has 4 rings (SSSR count). The molecule has 4 aliphatic carbocycles. The van der Waals surface area contributed by atoms with Gasteiger partial charge in [0, 0.05) is 6.42 Å². The van der Waals surface area contributed by atoms with Gasteiger partial charge in [0.2, 0.25) is 0 Å². The van der Waals surface area contributed by atoms with Crippen molar-refractivity contribution >= 4 is 5.97 Å². The van der Waals surface area contributed by atoms with Crippen molar-refractivity contribution in [3.63, 3.8) is 0 Å². The van der Waals surface area contributed by atoms with Crippen LogP contribution in [0, 0.1) is 40.4 Å². The number of carbonyl (C=O) groups is 1. The first-order chi connectivity index (χ1) is 11.3. The second kappa shape index (κ2) is 5.72. The molecule has 0 aliphatic heterocycles. The third kappa shape index (κ3) is 2.37. The first-order valence-electron chi connectivity index (χ1n) is 10.2. The Bertz CT molecular complexity index is 517. The van der Waals surface area contributed by atoms with Crippen LogP contribution in [0.15, 0.2) is 0 Å². The summed E-state index contributed by atoms with van der Waals surface area (Å²) in [7, 11) is 0. The lowest BCUT2D eigenvalue weighted by Gasteiger charge is -2.61. The predicted molar refractivity (Wildman–Crippen MR) is 93.5 cm³/mol. The number of carboxylic acids is 1. The van der Waals surface area contributed by atoms with Crippen LogP contribution in [0.5, 0.6) is 0 Å². The van der Waals surface area contributed by atoms with Gasteiger partial charge in [-0.05, 0) is 98.2 Å². The largest absolute Gasteiger partial charge is 0.481 e. The predicted octanol–water partition coefficient (Wildman–Crippen LogP) is 4.48. The Labute approximate surface area is 146 Å². The van der Waals surface area contributed by atoms with Gasteiger partial charge in [0.25, 0.3) is 0 Å². The van der Waals surface area contributed by atoms with Gasteiger partial charge in [-0.25, -0.2) is 0 Å². The summed E-state index contributed by atoms with van der Waals surface area (Å²) in [5.41, 5.74) is 0.595. The fourth-order valence-electron chi connectivity index (χ4n) is 7.75. The van der Waals surface area contributed by atoms with E-state index in [-0.39, 0.29) is 11.5 Å². The summed E-state index contributed by atoms with van der Waals surface area (Å²) < 4.78 is 0. The maximum Gasteiger partial charge on any atom is 0.303 e. The fourth-order valence-corrected chi connectivity index (χ4v) is 7.75. The lowest BCUT2D eigenvalue weighted by Crippen LogP contribution is -2.54. The van der Waals surface area contributed by atoms with Crippen LogP contribution in [0.1, 0.15) is 78.1 Å². The minimum Gasteiger partial charge on any atom is -0.481 e. The number of rotatable bonds is 2. The summed E-state index contributed by atoms with van der Waals surface area (Å²) in [6.45, 7) is 4.88. The van der Waals surface area contributed by atoms with Gasteiger partial charge < -0.3 is 10.2 Å². The van der Waals surface area contributed by atoms with Crippen LogP contribution in [0.4, 0.5) is 0 Å². The molecule has 0 amide bonds. The zero-order valence-electron chi connectivity index (χ0n) is 15.3. The zero-order valence-corrected chi connectivity index (χ0v) is 15.3. The quantitative estimate of drug-likeness (QED) is 0.783. The van der Waals surface area contributed by atoms with Gasteiger partial charge in [-0.15, -0.1) is 0 Å². The van der Waals surface area contributed by atoms with Crippen LogP contribution in [0.3, 0.4) is 0 Å². The second-order valence-corrected chi connectivity index (χ2v) is 10.0. The number of aliphatic hydroxyl groups is 1. The van der Waals surface area contributed by atoms with Gasteiger partial charge >= 0.3 is 5.97 Å². The van der Waals surface area contributed by atoms with Gasteiger partial charge in [0.05, 0.1) is 6.10 Å². The highest BCUT2D eigenvalue weighted by Gasteiger charge is 2.59. The van der Waals surface area contributed by atoms with E-state index in [0.29, 0.717) is 17.8 Å². The van der Waals surface area contributed by atoms with Crippen molar-refractivity contribution < 1.29 is 15.0 Å². The van der Waals surface area contributed by atoms with Crippen molar-refractivity contribution in [1.82, 2.24) is 0 Å². The molecule has 0 radical (unpaired) electrons. The molecule has 2 N–H and O–H groups in total. The van der Waals surface area contributed by atoms with Crippen LogP contribution >= 0.6 is 0 Å². The van der Waals surface area contributed by atoms with E-state index in [1.54, 1.807) is 0 Å². The summed E-state index contributed by atoms with van der Waals surface area (Å²) in [6, 6.07) is 0. The molecule has 136 valence electrons. The van der Waals surface area contributed by atoms with E-state index in [9.17, 15) is 9.90 Å². The Morgan fingerprint density at radius 2 is 1.67 bits per heavy atom. The minimum atomic E-state index is -0.620. The summed E-state index contributed by atoms with van der Waals surface area (Å²) in [5, 5.41) is 19.7. The van der Waals surface area contributed by atoms with Gasteiger partial charge in [0.15, 0.2) is 0 Å². The molecular formula is C21H34O3. The fraction of sp³-hybridized carbons (Fsp3) is 0.952. The van der Waals surface area contributed by atoms with Crippen LogP contribution in [0.2, 0.25) is 0 Å². The Balaban J connectivity index is 1.53. The first kappa shape index (κ1) is 16.9. The first-order valence-corrected chi connectivity index (χ1v) is 10.2. The van der Waals surface area contributed by atoms with Gasteiger partial charge in [-0.3, -0.25) is 4.79 Å². The summed E-state index contributed by atoms with van der Waals surface area (Å²) in [4.78, 5) is 11.1. The SMILES string of the molecule is CC12CCC3C(CCC4CC(CC(=O)O)CCC43C)C1CCC2O. The number of aliphatic carboxylic acids is 1. The summed E-state index contributed by atoms with van der Waals surface area (Å²) >= 11 is 0. The van der Waals surface area contributed by atoms with Crippen molar-refractivity contribution in [3.8, 4) is 0 Å². The maximum absolute atomic E-state index is 11.1. The number of aliphatic hydroxyl groups excluding tert-OH is 1. The number of carboxylic acid groups (broad SMARTS) is 1. The van der Waals surface area contributed by atoms with Crippen LogP contribution in [-0.4, -0.2) is 22.3 Å². The van der Waals surface area contributed by atoms with E-state index in [1.807, 2.05) is 0 Å². The van der Waals surface area contributed by atoms with Crippen molar-refractivity contribution in [2.75, 3.05) is 0 Å². The molecule has 0 saturated heterocycles. The van der Waals surface area contributed by atoms with E-state index >= 15 is 0 Å². The molecule has 0 aromatic carbocycles. The number of fused-ring (bicyclic) bond motifs is 5. The summed E-state index contributed by atoms with van der Waals surface area (Å²) in [6.07, 6.45) is 11.1. The Hall–Kier alpha value is -0.570. The maximum atomic E-state index is 11.1. The molecule has 3 heteroatoms. The standard InChI is InChI=1S/C21H34O3/c1-20-9-7-13(12-19(23)24)11-14(20)3-4-15-16-5-6-18(22)21(16,2)10-8-17(15)20/h13-18,22H,3-12H2,1-2H3,(H,23,24). The van der Waals surface area contributed by atoms with Crippen LogP contribution in [0.25, 0.3) is 0 Å². The molecule has 4 fully saturated rings. The molecular weight excluding hydrogens is 300 g/mol. The van der Waals surface area contributed by atoms with Crippen molar-refractivity contribution in [1.29, 1.82) is 0 Å². The third-order valence-electron chi connectivity index (χ3n) is 9.19. The zero-order chi connectivity index (χ0) is 17.1. The second-order valence-electron chi connectivity index (χ2n) is 10.0. The van der Waals surface area contributed by atoms with E-state index in [2.05, 4.69) is 13.8 Å². The van der Waals surface area contributed by atoms with E-state index in [1.165, 1.54) is 38.5 Å². The van der Waals surface area contributed by atoms with Crippen molar-refractivity contribution in [2.45, 2.75) is 84.2 Å². The van der Waals surface area contributed by atoms with Gasteiger partial charge in [-0.1, -0.05) is 13.8 Å². The number of hydrogen-bond acceptors (Lipinski definition) is 2. The monoisotopic (exact) mass is 334 g/mol. The lowest BCUT2D eigenvalue weighted by molar-refractivity contribution is -0.142. The molecule has 0 heterocycles. The molecule has 4 aliphatic rings. The van der Waals surface area contributed by atoms with Crippen molar-refractivity contribution in [2.24, 2.45) is 40.4 Å². The molecule has 8 unspecified atom stereocenters. The Kier molecular flexibility index (Phi) is 4.02. The van der Waals surface area contributed by atoms with Crippen LogP contribution < -0.4 is 0 Å². The molecule has 0 aromatic rings. The average molecular weight is 335 g/mol. The highest BCUT2D eigenvalue weighted by atomic mass is 16.4. The topological polar surface area (TPSA) is 57.5 Å². The van der Waals surface area contributed by atoms with Crippen LogP contribution in [-0.2, 0) is 4.79 Å². The van der Waals surface area contributed by atoms with E-state index in [4.69, 9.17) is 5.11 Å². The summed E-state index contributed by atoms with van der Waals surface area (Å²) in [5.74, 6) is 2.85. The lowest BCUT2D eigenvalue weighted by atomic mass is 9.44. The van der Waals surface area contributed by atoms with E-state index < -0.39 is 5.97 Å². The number of hydrogen-bond donors (Lipinski definition) is 2. The minimum absolute atomic E-state index is 0.0831. The molecule has 8 atom stereocenters. The van der Waals surface area contributed by atoms with E-state index in [0.717, 1.165) is 42.9 Å². The molecule has 0 spiro atoms. The van der Waals surface area contributed by atoms with Gasteiger partial charge in [-0.2, -0.15) is 0 Å². The molecule has 0 bridgehead atoms. The third-order valence-corrected chi connectivity index (χ3v) is 9.19. The molecule has 24 heavy (non-hydrogen) atoms. The molecule has 3 nitrogen and oxygen atoms in total. The molecule has 4 saturated carbocycles. The van der Waals surface area contributed by atoms with Crippen molar-refractivity contribution in [3.05, 3.63) is 0 Å². The smallest absolute Gasteiger partial charge is 0.303 e. The normalized spacial score (nSPS) is 53.8. The highest BCUT2D eigenvalue weighted by Crippen LogP contribution is 2.66. The average Bonchev–Trinajstić information content (AvgIpc) is 2.83. The highest BCUT2D eigenvalue weighted by molar-refractivity contribution is 5.67. The van der Waals surface area contributed by atoms with Gasteiger partial charge in [0.1, 0.15) is 0 Å². The Morgan fingerprint density at radius 1 is 0.958 bits per heavy atom. The molecule has 0 aromatic heterocycles. The Morgan fingerprint density at radius 3 is 2.42 bits per heavy atom.